The number of aromatic amines is 1. The van der Waals surface area contributed by atoms with Crippen LogP contribution in [0.25, 0.3) is 10.9 Å². The van der Waals surface area contributed by atoms with Gasteiger partial charge in [0.2, 0.25) is 0 Å². The standard InChI is InChI=1S/C24H22Cl2N4O4S/c1-14(16-8-11-20(34-2)22(26)21(16)25)28-24(31)29-23-17-12-13-27-18(17)9-10-19(23)30-35(32,33)15-6-4-3-5-7-15/h3-14,27,30H,1-2H3,(H2,28,29,31)/t14-/m0/s1. The van der Waals surface area contributed by atoms with Gasteiger partial charge < -0.3 is 20.4 Å². The number of hydrogen-bond donors (Lipinski definition) is 4. The van der Waals surface area contributed by atoms with Gasteiger partial charge in [0.1, 0.15) is 10.8 Å². The lowest BCUT2D eigenvalue weighted by Gasteiger charge is -2.19. The molecule has 0 aliphatic rings. The van der Waals surface area contributed by atoms with Crippen LogP contribution >= 0.6 is 23.2 Å². The molecule has 0 saturated carbocycles. The van der Waals surface area contributed by atoms with Gasteiger partial charge >= 0.3 is 6.03 Å². The molecule has 4 rings (SSSR count). The van der Waals surface area contributed by atoms with Crippen LogP contribution in [-0.4, -0.2) is 26.5 Å². The highest BCUT2D eigenvalue weighted by atomic mass is 35.5. The molecule has 8 nitrogen and oxygen atoms in total. The highest BCUT2D eigenvalue weighted by molar-refractivity contribution is 7.92. The second kappa shape index (κ2) is 10.1. The molecule has 35 heavy (non-hydrogen) atoms. The quantitative estimate of drug-likeness (QED) is 0.228. The lowest BCUT2D eigenvalue weighted by molar-refractivity contribution is 0.249. The fourth-order valence-corrected chi connectivity index (χ4v) is 5.28. The summed E-state index contributed by atoms with van der Waals surface area (Å²) in [5.41, 5.74) is 1.83. The number of aromatic nitrogens is 1. The van der Waals surface area contributed by atoms with Crippen molar-refractivity contribution in [3.63, 3.8) is 0 Å². The smallest absolute Gasteiger partial charge is 0.319 e. The normalized spacial score (nSPS) is 12.2. The number of methoxy groups -OCH3 is 1. The molecule has 11 heteroatoms. The van der Waals surface area contributed by atoms with E-state index in [0.717, 1.165) is 5.52 Å². The lowest BCUT2D eigenvalue weighted by Crippen LogP contribution is -2.31. The topological polar surface area (TPSA) is 112 Å². The van der Waals surface area contributed by atoms with E-state index in [1.807, 2.05) is 0 Å². The van der Waals surface area contributed by atoms with Crippen LogP contribution in [0.1, 0.15) is 18.5 Å². The number of H-pyrrole nitrogens is 1. The summed E-state index contributed by atoms with van der Waals surface area (Å²) >= 11 is 12.6. The summed E-state index contributed by atoms with van der Waals surface area (Å²) in [6.45, 7) is 1.75. The van der Waals surface area contributed by atoms with Gasteiger partial charge in [-0.3, -0.25) is 4.72 Å². The summed E-state index contributed by atoms with van der Waals surface area (Å²) in [5.74, 6) is 0.423. The Morgan fingerprint density at radius 3 is 2.46 bits per heavy atom. The summed E-state index contributed by atoms with van der Waals surface area (Å²) in [5, 5.41) is 6.72. The highest BCUT2D eigenvalue weighted by Gasteiger charge is 2.21. The summed E-state index contributed by atoms with van der Waals surface area (Å²) in [7, 11) is -2.40. The number of urea groups is 1. The van der Waals surface area contributed by atoms with Crippen LogP contribution in [0.2, 0.25) is 10.0 Å². The molecule has 4 aromatic rings. The number of hydrogen-bond acceptors (Lipinski definition) is 4. The van der Waals surface area contributed by atoms with Crippen molar-refractivity contribution in [1.29, 1.82) is 0 Å². The maximum absolute atomic E-state index is 13.0. The van der Waals surface area contributed by atoms with E-state index in [0.29, 0.717) is 22.4 Å². The Bertz CT molecular complexity index is 1490. The third-order valence-corrected chi connectivity index (χ3v) is 7.64. The van der Waals surface area contributed by atoms with Crippen LogP contribution in [0.5, 0.6) is 5.75 Å². The van der Waals surface area contributed by atoms with Crippen LogP contribution in [-0.2, 0) is 10.0 Å². The zero-order valence-electron chi connectivity index (χ0n) is 18.7. The Labute approximate surface area is 212 Å². The summed E-state index contributed by atoms with van der Waals surface area (Å²) in [6.07, 6.45) is 1.70. The average molecular weight is 533 g/mol. The molecule has 0 saturated heterocycles. The van der Waals surface area contributed by atoms with Crippen LogP contribution in [0, 0.1) is 0 Å². The first-order valence-electron chi connectivity index (χ1n) is 10.5. The molecule has 1 heterocycles. The molecule has 1 atom stereocenters. The van der Waals surface area contributed by atoms with E-state index in [2.05, 4.69) is 20.3 Å². The molecule has 2 amide bonds. The van der Waals surface area contributed by atoms with Gasteiger partial charge in [-0.05, 0) is 48.9 Å². The predicted octanol–water partition coefficient (Wildman–Crippen LogP) is 6.17. The molecule has 0 fully saturated rings. The Morgan fingerprint density at radius 1 is 1.00 bits per heavy atom. The number of benzene rings is 3. The number of halogens is 2. The zero-order valence-corrected chi connectivity index (χ0v) is 21.1. The molecule has 182 valence electrons. The van der Waals surface area contributed by atoms with E-state index in [1.54, 1.807) is 61.7 Å². The van der Waals surface area contributed by atoms with Crippen LogP contribution in [0.3, 0.4) is 0 Å². The maximum atomic E-state index is 13.0. The Kier molecular flexibility index (Phi) is 7.11. The molecule has 0 spiro atoms. The molecule has 0 unspecified atom stereocenters. The summed E-state index contributed by atoms with van der Waals surface area (Å²) in [4.78, 5) is 16.1. The number of carbonyl (C=O) groups is 1. The first kappa shape index (κ1) is 24.7. The molecular weight excluding hydrogens is 511 g/mol. The van der Waals surface area contributed by atoms with Crippen molar-refractivity contribution in [3.8, 4) is 5.75 Å². The van der Waals surface area contributed by atoms with Crippen molar-refractivity contribution in [1.82, 2.24) is 10.3 Å². The monoisotopic (exact) mass is 532 g/mol. The fraction of sp³-hybridized carbons (Fsp3) is 0.125. The second-order valence-electron chi connectivity index (χ2n) is 7.65. The number of carbonyl (C=O) groups excluding carboxylic acids is 1. The van der Waals surface area contributed by atoms with Crippen molar-refractivity contribution in [3.05, 3.63) is 82.5 Å². The van der Waals surface area contributed by atoms with Crippen LogP contribution in [0.4, 0.5) is 16.2 Å². The van der Waals surface area contributed by atoms with Crippen molar-refractivity contribution in [2.24, 2.45) is 0 Å². The molecule has 4 N–H and O–H groups in total. The Balaban J connectivity index is 1.61. The van der Waals surface area contributed by atoms with Gasteiger partial charge in [-0.1, -0.05) is 47.5 Å². The summed E-state index contributed by atoms with van der Waals surface area (Å²) < 4.78 is 33.6. The van der Waals surface area contributed by atoms with Gasteiger partial charge in [-0.15, -0.1) is 0 Å². The largest absolute Gasteiger partial charge is 0.495 e. The maximum Gasteiger partial charge on any atom is 0.319 e. The van der Waals surface area contributed by atoms with Crippen molar-refractivity contribution in [2.45, 2.75) is 17.9 Å². The van der Waals surface area contributed by atoms with E-state index < -0.39 is 22.1 Å². The summed E-state index contributed by atoms with van der Waals surface area (Å²) in [6, 6.07) is 15.3. The number of amides is 2. The zero-order chi connectivity index (χ0) is 25.2. The number of rotatable bonds is 7. The molecule has 1 aromatic heterocycles. The molecule has 3 aromatic carbocycles. The minimum atomic E-state index is -3.88. The van der Waals surface area contributed by atoms with Gasteiger partial charge in [0.05, 0.1) is 34.4 Å². The number of sulfonamides is 1. The third kappa shape index (κ3) is 5.17. The van der Waals surface area contributed by atoms with Crippen molar-refractivity contribution in [2.75, 3.05) is 17.1 Å². The van der Waals surface area contributed by atoms with Gasteiger partial charge in [-0.25, -0.2) is 13.2 Å². The third-order valence-electron chi connectivity index (χ3n) is 5.38. The number of fused-ring (bicyclic) bond motifs is 1. The number of nitrogens with one attached hydrogen (secondary N) is 4. The molecule has 0 aliphatic carbocycles. The molecular formula is C24H22Cl2N4O4S. The first-order chi connectivity index (χ1) is 16.7. The first-order valence-corrected chi connectivity index (χ1v) is 12.7. The van der Waals surface area contributed by atoms with Crippen molar-refractivity contribution >= 4 is 61.5 Å². The minimum absolute atomic E-state index is 0.101. The van der Waals surface area contributed by atoms with Crippen LogP contribution < -0.4 is 20.1 Å². The van der Waals surface area contributed by atoms with Gasteiger partial charge in [0, 0.05) is 17.1 Å². The fourth-order valence-electron chi connectivity index (χ4n) is 3.62. The SMILES string of the molecule is COc1ccc([C@H](C)NC(=O)Nc2c(NS(=O)(=O)c3ccccc3)ccc3[nH]ccc23)c(Cl)c1Cl. The van der Waals surface area contributed by atoms with Gasteiger partial charge in [0.25, 0.3) is 10.0 Å². The molecule has 0 aliphatic heterocycles. The highest BCUT2D eigenvalue weighted by Crippen LogP contribution is 2.37. The second-order valence-corrected chi connectivity index (χ2v) is 10.1. The Morgan fingerprint density at radius 2 is 1.74 bits per heavy atom. The van der Waals surface area contributed by atoms with Gasteiger partial charge in [0.15, 0.2) is 0 Å². The van der Waals surface area contributed by atoms with E-state index in [1.165, 1.54) is 19.2 Å². The van der Waals surface area contributed by atoms with Crippen molar-refractivity contribution < 1.29 is 17.9 Å². The minimum Gasteiger partial charge on any atom is -0.495 e. The number of anilines is 2. The lowest BCUT2D eigenvalue weighted by atomic mass is 10.1. The average Bonchev–Trinajstić information content (AvgIpc) is 3.32. The van der Waals surface area contributed by atoms with E-state index >= 15 is 0 Å². The van der Waals surface area contributed by atoms with E-state index in [4.69, 9.17) is 27.9 Å². The van der Waals surface area contributed by atoms with E-state index in [9.17, 15) is 13.2 Å². The van der Waals surface area contributed by atoms with E-state index in [-0.39, 0.29) is 20.6 Å². The Hall–Kier alpha value is -3.40. The number of ether oxygens (including phenoxy) is 1. The van der Waals surface area contributed by atoms with Gasteiger partial charge in [-0.2, -0.15) is 0 Å². The molecule has 0 bridgehead atoms. The molecule has 0 radical (unpaired) electrons. The van der Waals surface area contributed by atoms with Crippen LogP contribution in [0.15, 0.2) is 71.8 Å². The predicted molar refractivity (Wildman–Crippen MR) is 139 cm³/mol.